The van der Waals surface area contributed by atoms with Crippen LogP contribution < -0.4 is 18.1 Å². The van der Waals surface area contributed by atoms with Gasteiger partial charge >= 0.3 is 5.97 Å². The van der Waals surface area contributed by atoms with Crippen LogP contribution in [0.5, 0.6) is 0 Å². The standard InChI is InChI=1S/C23H21NO2.ClH/c24-22(14-16-8-2-1-3-9-16)23(25)26-15-21-19-12-6-4-10-17(19)18-11-5-7-13-20(18)21;/h1-13,21-22H,14-15,24H2;1H/t22-;/m0./s1. The van der Waals surface area contributed by atoms with E-state index in [4.69, 9.17) is 4.74 Å². The van der Waals surface area contributed by atoms with Gasteiger partial charge in [0, 0.05) is 12.3 Å². The molecule has 3 aromatic carbocycles. The van der Waals surface area contributed by atoms with Crippen molar-refractivity contribution in [3.63, 3.8) is 0 Å². The summed E-state index contributed by atoms with van der Waals surface area (Å²) in [5.41, 5.74) is 10.0. The molecule has 27 heavy (non-hydrogen) atoms. The second-order valence-corrected chi connectivity index (χ2v) is 6.74. The zero-order chi connectivity index (χ0) is 17.9. The van der Waals surface area contributed by atoms with Crippen LogP contribution in [-0.4, -0.2) is 18.6 Å². The van der Waals surface area contributed by atoms with Crippen molar-refractivity contribution >= 4 is 5.97 Å². The highest BCUT2D eigenvalue weighted by Gasteiger charge is 2.30. The van der Waals surface area contributed by atoms with Crippen LogP contribution in [0.4, 0.5) is 0 Å². The average Bonchev–Trinajstić information content (AvgIpc) is 3.01. The first-order valence-electron chi connectivity index (χ1n) is 8.96. The van der Waals surface area contributed by atoms with E-state index in [1.54, 1.807) is 0 Å². The fraction of sp³-hybridized carbons (Fsp3) is 0.174. The van der Waals surface area contributed by atoms with Crippen LogP contribution in [0.1, 0.15) is 22.6 Å². The van der Waals surface area contributed by atoms with Gasteiger partial charge < -0.3 is 22.9 Å². The Morgan fingerprint density at radius 1 is 0.852 bits per heavy atom. The quantitative estimate of drug-likeness (QED) is 0.644. The Bertz CT molecular complexity index is 881. The number of carbonyl (C=O) groups is 1. The van der Waals surface area contributed by atoms with E-state index in [-0.39, 0.29) is 24.3 Å². The number of ether oxygens (including phenoxy) is 1. The summed E-state index contributed by atoms with van der Waals surface area (Å²) in [4.78, 5) is 12.4. The van der Waals surface area contributed by atoms with Crippen LogP contribution in [0.25, 0.3) is 11.1 Å². The van der Waals surface area contributed by atoms with E-state index in [2.05, 4.69) is 42.1 Å². The molecule has 0 amide bonds. The Labute approximate surface area is 165 Å². The molecule has 3 aromatic rings. The number of hydrogen-bond acceptors (Lipinski definition) is 2. The van der Waals surface area contributed by atoms with Crippen LogP contribution >= 0.6 is 0 Å². The molecule has 0 unspecified atom stereocenters. The summed E-state index contributed by atoms with van der Waals surface area (Å²) >= 11 is 0. The molecular weight excluding hydrogens is 358 g/mol. The normalized spacial score (nSPS) is 13.2. The van der Waals surface area contributed by atoms with Gasteiger partial charge in [-0.05, 0) is 27.8 Å². The number of rotatable bonds is 5. The van der Waals surface area contributed by atoms with Gasteiger partial charge in [-0.3, -0.25) is 0 Å². The highest BCUT2D eigenvalue weighted by Crippen LogP contribution is 2.44. The summed E-state index contributed by atoms with van der Waals surface area (Å²) in [6.07, 6.45) is 0.595. The molecule has 0 spiro atoms. The number of benzene rings is 3. The van der Waals surface area contributed by atoms with Crippen molar-refractivity contribution in [2.75, 3.05) is 6.61 Å². The topological polar surface area (TPSA) is 53.9 Å². The third-order valence-corrected chi connectivity index (χ3v) is 5.01. The zero-order valence-electron chi connectivity index (χ0n) is 15.0. The highest BCUT2D eigenvalue weighted by molar-refractivity contribution is 5.79. The van der Waals surface area contributed by atoms with Crippen molar-refractivity contribution in [3.05, 3.63) is 95.6 Å². The lowest BCUT2D eigenvalue weighted by Crippen LogP contribution is -3.00. The highest BCUT2D eigenvalue weighted by atomic mass is 35.5. The predicted molar refractivity (Wildman–Crippen MR) is 102 cm³/mol. The van der Waals surface area contributed by atoms with Crippen molar-refractivity contribution in [2.24, 2.45) is 0 Å². The molecule has 1 aliphatic rings. The minimum absolute atomic E-state index is 0. The first-order valence-corrected chi connectivity index (χ1v) is 8.96. The fourth-order valence-corrected chi connectivity index (χ4v) is 3.70. The molecule has 1 atom stereocenters. The first-order chi connectivity index (χ1) is 12.7. The fourth-order valence-electron chi connectivity index (χ4n) is 3.70. The van der Waals surface area contributed by atoms with Crippen molar-refractivity contribution in [1.29, 1.82) is 0 Å². The van der Waals surface area contributed by atoms with Gasteiger partial charge in [-0.15, -0.1) is 0 Å². The molecule has 0 bridgehead atoms. The van der Waals surface area contributed by atoms with Gasteiger partial charge in [-0.25, -0.2) is 4.79 Å². The summed E-state index contributed by atoms with van der Waals surface area (Å²) in [7, 11) is 0. The van der Waals surface area contributed by atoms with Crippen LogP contribution in [0, 0.1) is 0 Å². The molecule has 1 aliphatic carbocycles. The monoisotopic (exact) mass is 379 g/mol. The smallest absolute Gasteiger partial charge is 0.365 e. The largest absolute Gasteiger partial charge is 1.00 e. The molecule has 0 fully saturated rings. The summed E-state index contributed by atoms with van der Waals surface area (Å²) in [6, 6.07) is 26.2. The van der Waals surface area contributed by atoms with Gasteiger partial charge in [0.15, 0.2) is 6.04 Å². The van der Waals surface area contributed by atoms with Gasteiger partial charge in [0.25, 0.3) is 0 Å². The molecule has 4 rings (SSSR count). The predicted octanol–water partition coefficient (Wildman–Crippen LogP) is 0.199. The van der Waals surface area contributed by atoms with Crippen LogP contribution in [0.2, 0.25) is 0 Å². The van der Waals surface area contributed by atoms with Gasteiger partial charge in [0.2, 0.25) is 0 Å². The maximum Gasteiger partial charge on any atom is 0.365 e. The average molecular weight is 380 g/mol. The molecule has 0 radical (unpaired) electrons. The molecular formula is C23H22ClNO2. The Kier molecular flexibility index (Phi) is 5.94. The molecule has 0 aromatic heterocycles. The van der Waals surface area contributed by atoms with Crippen molar-refractivity contribution in [3.8, 4) is 11.1 Å². The Morgan fingerprint density at radius 2 is 1.37 bits per heavy atom. The molecule has 3 nitrogen and oxygen atoms in total. The van der Waals surface area contributed by atoms with E-state index in [0.29, 0.717) is 13.0 Å². The maximum absolute atomic E-state index is 12.4. The van der Waals surface area contributed by atoms with E-state index in [9.17, 15) is 4.79 Å². The summed E-state index contributed by atoms with van der Waals surface area (Å²) in [6.45, 7) is 0.355. The molecule has 138 valence electrons. The van der Waals surface area contributed by atoms with Crippen molar-refractivity contribution < 1.29 is 27.7 Å². The summed E-state index contributed by atoms with van der Waals surface area (Å²) in [5.74, 6) is -0.147. The number of esters is 1. The van der Waals surface area contributed by atoms with Gasteiger partial charge in [0.05, 0.1) is 0 Å². The van der Waals surface area contributed by atoms with Crippen LogP contribution in [0.3, 0.4) is 0 Å². The third-order valence-electron chi connectivity index (χ3n) is 5.01. The second kappa shape index (κ2) is 8.38. The number of halogens is 1. The summed E-state index contributed by atoms with van der Waals surface area (Å²) in [5, 5.41) is 0. The van der Waals surface area contributed by atoms with Crippen LogP contribution in [-0.2, 0) is 16.0 Å². The van der Waals surface area contributed by atoms with Gasteiger partial charge in [-0.1, -0.05) is 78.9 Å². The SMILES string of the molecule is [Cl-].[NH3+][C@@H](Cc1ccccc1)C(=O)OCC1c2ccccc2-c2ccccc21. The van der Waals surface area contributed by atoms with Crippen molar-refractivity contribution in [1.82, 2.24) is 0 Å². The van der Waals surface area contributed by atoms with E-state index in [1.165, 1.54) is 22.3 Å². The number of quaternary nitrogens is 1. The Balaban J connectivity index is 0.00000210. The second-order valence-electron chi connectivity index (χ2n) is 6.74. The lowest BCUT2D eigenvalue weighted by molar-refractivity contribution is -0.407. The van der Waals surface area contributed by atoms with E-state index in [0.717, 1.165) is 5.56 Å². The van der Waals surface area contributed by atoms with Crippen LogP contribution in [0.15, 0.2) is 78.9 Å². The molecule has 3 N–H and O–H groups in total. The van der Waals surface area contributed by atoms with Gasteiger partial charge in [0.1, 0.15) is 6.61 Å². The number of fused-ring (bicyclic) bond motifs is 3. The molecule has 4 heteroatoms. The molecule has 0 saturated heterocycles. The molecule has 0 heterocycles. The lowest BCUT2D eigenvalue weighted by atomic mass is 9.98. The van der Waals surface area contributed by atoms with E-state index in [1.807, 2.05) is 42.5 Å². The molecule has 0 aliphatic heterocycles. The number of hydrogen-bond donors (Lipinski definition) is 1. The maximum atomic E-state index is 12.4. The Morgan fingerprint density at radius 3 is 1.96 bits per heavy atom. The number of carbonyl (C=O) groups excluding carboxylic acids is 1. The van der Waals surface area contributed by atoms with Gasteiger partial charge in [-0.2, -0.15) is 0 Å². The van der Waals surface area contributed by atoms with E-state index >= 15 is 0 Å². The third kappa shape index (κ3) is 3.90. The molecule has 0 saturated carbocycles. The summed E-state index contributed by atoms with van der Waals surface area (Å²) < 4.78 is 5.67. The van der Waals surface area contributed by atoms with E-state index < -0.39 is 6.04 Å². The lowest BCUT2D eigenvalue weighted by Gasteiger charge is -2.15. The minimum atomic E-state index is -0.399. The van der Waals surface area contributed by atoms with Crippen molar-refractivity contribution in [2.45, 2.75) is 18.4 Å². The minimum Gasteiger partial charge on any atom is -1.00 e. The Hall–Kier alpha value is -2.62. The zero-order valence-corrected chi connectivity index (χ0v) is 15.7. The first kappa shape index (κ1) is 19.2.